The van der Waals surface area contributed by atoms with Gasteiger partial charge in [-0.15, -0.1) is 0 Å². The molecule has 1 aliphatic heterocycles. The molecule has 2 aliphatic rings. The van der Waals surface area contributed by atoms with Crippen molar-refractivity contribution in [3.8, 4) is 5.75 Å². The first-order chi connectivity index (χ1) is 13.2. The van der Waals surface area contributed by atoms with E-state index < -0.39 is 0 Å². The molecule has 146 valence electrons. The van der Waals surface area contributed by atoms with Gasteiger partial charge in [0.2, 0.25) is 11.8 Å². The Kier molecular flexibility index (Phi) is 6.91. The Morgan fingerprint density at radius 2 is 2.19 bits per heavy atom. The smallest absolute Gasteiger partial charge is 0.249 e. The predicted octanol–water partition coefficient (Wildman–Crippen LogP) is 3.44. The Balaban J connectivity index is 1.40. The number of carbonyl (C=O) groups is 2. The Hall–Kier alpha value is -2.30. The average molecular weight is 370 g/mol. The molecule has 1 saturated heterocycles. The summed E-state index contributed by atoms with van der Waals surface area (Å²) in [6, 6.07) is 7.73. The fourth-order valence-electron chi connectivity index (χ4n) is 3.96. The Bertz CT molecular complexity index is 699. The van der Waals surface area contributed by atoms with E-state index in [-0.39, 0.29) is 11.8 Å². The third-order valence-corrected chi connectivity index (χ3v) is 5.53. The summed E-state index contributed by atoms with van der Waals surface area (Å²) in [6.45, 7) is 2.16. The zero-order valence-corrected chi connectivity index (χ0v) is 16.2. The van der Waals surface area contributed by atoms with Gasteiger partial charge in [-0.2, -0.15) is 0 Å². The summed E-state index contributed by atoms with van der Waals surface area (Å²) in [5.41, 5.74) is 2.02. The van der Waals surface area contributed by atoms with Crippen molar-refractivity contribution in [2.24, 2.45) is 5.92 Å². The van der Waals surface area contributed by atoms with Crippen LogP contribution in [0.3, 0.4) is 0 Å². The molecule has 2 amide bonds. The summed E-state index contributed by atoms with van der Waals surface area (Å²) in [4.78, 5) is 26.8. The van der Waals surface area contributed by atoms with Gasteiger partial charge in [-0.05, 0) is 62.1 Å². The van der Waals surface area contributed by atoms with Crippen LogP contribution in [-0.2, 0) is 16.1 Å². The first kappa shape index (κ1) is 19.5. The number of hydrogen-bond donors (Lipinski definition) is 1. The topological polar surface area (TPSA) is 58.6 Å². The van der Waals surface area contributed by atoms with Gasteiger partial charge in [-0.3, -0.25) is 9.59 Å². The summed E-state index contributed by atoms with van der Waals surface area (Å²) in [5, 5.41) is 2.98. The Labute approximate surface area is 161 Å². The summed E-state index contributed by atoms with van der Waals surface area (Å²) in [6.07, 6.45) is 8.65. The van der Waals surface area contributed by atoms with Gasteiger partial charge >= 0.3 is 0 Å². The number of piperidine rings is 1. The lowest BCUT2D eigenvalue weighted by molar-refractivity contribution is -0.129. The molecule has 1 N–H and O–H groups in total. The van der Waals surface area contributed by atoms with Gasteiger partial charge in [0.15, 0.2) is 0 Å². The number of rotatable bonds is 7. The highest BCUT2D eigenvalue weighted by Crippen LogP contribution is 2.25. The number of nitrogens with one attached hydrogen (secondary N) is 1. The fraction of sp³-hybridized carbons (Fsp3) is 0.545. The van der Waals surface area contributed by atoms with Crippen LogP contribution < -0.4 is 10.1 Å². The minimum atomic E-state index is 0.0692. The van der Waals surface area contributed by atoms with Gasteiger partial charge in [-0.1, -0.05) is 18.2 Å². The second-order valence-corrected chi connectivity index (χ2v) is 7.55. The quantitative estimate of drug-likeness (QED) is 0.800. The standard InChI is InChI=1S/C22H30N2O3/c1-27-20-10-4-6-18(14-20)15-23-21(25)12-11-17-7-5-13-24(16-17)22(26)19-8-2-3-9-19/h4,6,8,10,14,17H,2-3,5,7,9,11-13,15-16H2,1H3,(H,23,25)/t17-/m1/s1. The van der Waals surface area contributed by atoms with E-state index >= 15 is 0 Å². The lowest BCUT2D eigenvalue weighted by atomic mass is 9.92. The van der Waals surface area contributed by atoms with E-state index in [1.165, 1.54) is 0 Å². The lowest BCUT2D eigenvalue weighted by Gasteiger charge is -2.33. The van der Waals surface area contributed by atoms with Crippen LogP contribution in [0, 0.1) is 5.92 Å². The molecule has 0 spiro atoms. The van der Waals surface area contributed by atoms with E-state index in [0.29, 0.717) is 18.9 Å². The normalized spacial score (nSPS) is 19.5. The molecule has 1 atom stereocenters. The van der Waals surface area contributed by atoms with Gasteiger partial charge in [0.1, 0.15) is 5.75 Å². The SMILES string of the molecule is COc1cccc(CNC(=O)CC[C@H]2CCCN(C(=O)C3=CCCC3)C2)c1. The predicted molar refractivity (Wildman–Crippen MR) is 105 cm³/mol. The average Bonchev–Trinajstić information content (AvgIpc) is 3.25. The third kappa shape index (κ3) is 5.59. The summed E-state index contributed by atoms with van der Waals surface area (Å²) in [5.74, 6) is 1.51. The number of benzene rings is 1. The maximum atomic E-state index is 12.6. The molecule has 5 nitrogen and oxygen atoms in total. The van der Waals surface area contributed by atoms with Gasteiger partial charge in [0.25, 0.3) is 0 Å². The summed E-state index contributed by atoms with van der Waals surface area (Å²) < 4.78 is 5.21. The maximum Gasteiger partial charge on any atom is 0.249 e. The number of amides is 2. The van der Waals surface area contributed by atoms with E-state index in [1.54, 1.807) is 7.11 Å². The molecule has 1 heterocycles. The van der Waals surface area contributed by atoms with E-state index in [0.717, 1.165) is 68.5 Å². The minimum Gasteiger partial charge on any atom is -0.497 e. The van der Waals surface area contributed by atoms with Crippen LogP contribution in [0.2, 0.25) is 0 Å². The molecule has 1 fully saturated rings. The van der Waals surface area contributed by atoms with Crippen molar-refractivity contribution in [1.29, 1.82) is 0 Å². The number of carbonyl (C=O) groups excluding carboxylic acids is 2. The van der Waals surface area contributed by atoms with Gasteiger partial charge in [0.05, 0.1) is 7.11 Å². The van der Waals surface area contributed by atoms with Gasteiger partial charge < -0.3 is 15.0 Å². The minimum absolute atomic E-state index is 0.0692. The molecule has 27 heavy (non-hydrogen) atoms. The molecule has 0 saturated carbocycles. The van der Waals surface area contributed by atoms with E-state index in [9.17, 15) is 9.59 Å². The second kappa shape index (κ2) is 9.58. The molecule has 0 unspecified atom stereocenters. The van der Waals surface area contributed by atoms with Crippen LogP contribution >= 0.6 is 0 Å². The van der Waals surface area contributed by atoms with Crippen molar-refractivity contribution in [2.45, 2.75) is 51.5 Å². The van der Waals surface area contributed by atoms with Crippen molar-refractivity contribution in [3.05, 3.63) is 41.5 Å². The lowest BCUT2D eigenvalue weighted by Crippen LogP contribution is -2.40. The number of likely N-dealkylation sites (tertiary alicyclic amines) is 1. The summed E-state index contributed by atoms with van der Waals surface area (Å²) >= 11 is 0. The Morgan fingerprint density at radius 1 is 1.30 bits per heavy atom. The molecule has 0 radical (unpaired) electrons. The van der Waals surface area contributed by atoms with Crippen LogP contribution in [0.5, 0.6) is 5.75 Å². The van der Waals surface area contributed by atoms with Gasteiger partial charge in [0, 0.05) is 31.6 Å². The monoisotopic (exact) mass is 370 g/mol. The molecule has 3 rings (SSSR count). The van der Waals surface area contributed by atoms with Crippen LogP contribution in [0.15, 0.2) is 35.9 Å². The van der Waals surface area contributed by atoms with E-state index in [1.807, 2.05) is 29.2 Å². The first-order valence-electron chi connectivity index (χ1n) is 10.0. The van der Waals surface area contributed by atoms with E-state index in [4.69, 9.17) is 4.74 Å². The third-order valence-electron chi connectivity index (χ3n) is 5.53. The molecular weight excluding hydrogens is 340 g/mol. The highest BCUT2D eigenvalue weighted by molar-refractivity contribution is 5.93. The van der Waals surface area contributed by atoms with E-state index in [2.05, 4.69) is 11.4 Å². The van der Waals surface area contributed by atoms with Crippen LogP contribution in [-0.4, -0.2) is 36.9 Å². The number of allylic oxidation sites excluding steroid dienone is 1. The maximum absolute atomic E-state index is 12.6. The number of methoxy groups -OCH3 is 1. The summed E-state index contributed by atoms with van der Waals surface area (Å²) in [7, 11) is 1.64. The van der Waals surface area contributed by atoms with Crippen LogP contribution in [0.4, 0.5) is 0 Å². The van der Waals surface area contributed by atoms with Crippen molar-refractivity contribution < 1.29 is 14.3 Å². The molecule has 1 aromatic rings. The molecular formula is C22H30N2O3. The van der Waals surface area contributed by atoms with Crippen LogP contribution in [0.25, 0.3) is 0 Å². The molecule has 0 aromatic heterocycles. The fourth-order valence-corrected chi connectivity index (χ4v) is 3.96. The molecule has 0 bridgehead atoms. The largest absolute Gasteiger partial charge is 0.497 e. The molecule has 1 aromatic carbocycles. The first-order valence-corrected chi connectivity index (χ1v) is 10.0. The van der Waals surface area contributed by atoms with Crippen LogP contribution in [0.1, 0.15) is 50.5 Å². The highest BCUT2D eigenvalue weighted by atomic mass is 16.5. The van der Waals surface area contributed by atoms with Crippen molar-refractivity contribution in [3.63, 3.8) is 0 Å². The molecule has 5 heteroatoms. The van der Waals surface area contributed by atoms with Crippen molar-refractivity contribution in [1.82, 2.24) is 10.2 Å². The zero-order chi connectivity index (χ0) is 19.1. The van der Waals surface area contributed by atoms with Gasteiger partial charge in [-0.25, -0.2) is 0 Å². The second-order valence-electron chi connectivity index (χ2n) is 7.55. The Morgan fingerprint density at radius 3 is 2.96 bits per heavy atom. The number of hydrogen-bond acceptors (Lipinski definition) is 3. The van der Waals surface area contributed by atoms with Crippen molar-refractivity contribution >= 4 is 11.8 Å². The van der Waals surface area contributed by atoms with Crippen molar-refractivity contribution in [2.75, 3.05) is 20.2 Å². The molecule has 1 aliphatic carbocycles. The zero-order valence-electron chi connectivity index (χ0n) is 16.2. The number of ether oxygens (including phenoxy) is 1. The highest BCUT2D eigenvalue weighted by Gasteiger charge is 2.26. The number of nitrogens with zero attached hydrogens (tertiary/aromatic N) is 1.